The Balaban J connectivity index is 2.36. The van der Waals surface area contributed by atoms with Crippen molar-refractivity contribution in [1.29, 1.82) is 0 Å². The van der Waals surface area contributed by atoms with Gasteiger partial charge in [-0.15, -0.1) is 0 Å². The lowest BCUT2D eigenvalue weighted by molar-refractivity contribution is -0.124. The van der Waals surface area contributed by atoms with Crippen LogP contribution in [0, 0.1) is 5.92 Å². The molecule has 1 rings (SSSR count). The van der Waals surface area contributed by atoms with Gasteiger partial charge in [-0.05, 0) is 25.7 Å². The Bertz CT molecular complexity index is 209. The Morgan fingerprint density at radius 3 is 2.15 bits per heavy atom. The Morgan fingerprint density at radius 1 is 1.15 bits per heavy atom. The third kappa shape index (κ3) is 3.02. The largest absolute Gasteiger partial charge is 0.351 e. The summed E-state index contributed by atoms with van der Waals surface area (Å²) in [6.07, 6.45) is 3.19. The summed E-state index contributed by atoms with van der Waals surface area (Å²) in [6, 6.07) is -0.572. The standard InChI is InChI=1S/C8H15N3O2/c9-6-3-1-5(2-4-6)7(12)11-8(10)13/h5-6H,1-4,9H2,(H3,10,11,12,13). The van der Waals surface area contributed by atoms with Crippen LogP contribution in [0.25, 0.3) is 0 Å². The number of nitrogens with one attached hydrogen (secondary N) is 1. The predicted octanol–water partition coefficient (Wildman–Crippen LogP) is -0.301. The molecule has 5 nitrogen and oxygen atoms in total. The van der Waals surface area contributed by atoms with Crippen molar-refractivity contribution >= 4 is 11.9 Å². The molecule has 0 bridgehead atoms. The van der Waals surface area contributed by atoms with E-state index in [1.54, 1.807) is 0 Å². The number of primary amides is 1. The summed E-state index contributed by atoms with van der Waals surface area (Å²) >= 11 is 0. The average Bonchev–Trinajstić information content (AvgIpc) is 2.04. The van der Waals surface area contributed by atoms with Crippen LogP contribution in [0.15, 0.2) is 0 Å². The van der Waals surface area contributed by atoms with E-state index in [0.29, 0.717) is 0 Å². The van der Waals surface area contributed by atoms with Gasteiger partial charge in [0, 0.05) is 12.0 Å². The second-order valence-corrected chi connectivity index (χ2v) is 3.47. The van der Waals surface area contributed by atoms with Crippen LogP contribution in [-0.4, -0.2) is 18.0 Å². The normalized spacial score (nSPS) is 28.1. The monoisotopic (exact) mass is 185 g/mol. The minimum absolute atomic E-state index is 0.0905. The zero-order chi connectivity index (χ0) is 9.84. The van der Waals surface area contributed by atoms with Gasteiger partial charge in [-0.2, -0.15) is 0 Å². The topological polar surface area (TPSA) is 98.2 Å². The van der Waals surface area contributed by atoms with Gasteiger partial charge in [0.2, 0.25) is 5.91 Å². The molecule has 0 radical (unpaired) electrons. The number of nitrogens with two attached hydrogens (primary N) is 2. The molecule has 0 aromatic carbocycles. The molecule has 0 heterocycles. The first-order valence-electron chi connectivity index (χ1n) is 4.45. The molecule has 0 unspecified atom stereocenters. The molecule has 0 spiro atoms. The van der Waals surface area contributed by atoms with Crippen LogP contribution in [0.1, 0.15) is 25.7 Å². The molecule has 1 aliphatic carbocycles. The third-order valence-corrected chi connectivity index (χ3v) is 2.39. The fourth-order valence-electron chi connectivity index (χ4n) is 1.60. The number of carbonyl (C=O) groups excluding carboxylic acids is 2. The molecular weight excluding hydrogens is 170 g/mol. The van der Waals surface area contributed by atoms with Crippen LogP contribution < -0.4 is 16.8 Å². The molecule has 74 valence electrons. The molecule has 1 saturated carbocycles. The first-order chi connectivity index (χ1) is 6.09. The summed E-state index contributed by atoms with van der Waals surface area (Å²) in [7, 11) is 0. The van der Waals surface area contributed by atoms with E-state index in [1.165, 1.54) is 0 Å². The number of imide groups is 1. The minimum Gasteiger partial charge on any atom is -0.351 e. The van der Waals surface area contributed by atoms with Crippen LogP contribution in [0.2, 0.25) is 0 Å². The van der Waals surface area contributed by atoms with Crippen molar-refractivity contribution in [2.75, 3.05) is 0 Å². The van der Waals surface area contributed by atoms with E-state index >= 15 is 0 Å². The number of hydrogen-bond donors (Lipinski definition) is 3. The van der Waals surface area contributed by atoms with Crippen molar-refractivity contribution in [2.24, 2.45) is 17.4 Å². The van der Waals surface area contributed by atoms with Crippen LogP contribution in [-0.2, 0) is 4.79 Å². The van der Waals surface area contributed by atoms with Crippen LogP contribution in [0.3, 0.4) is 0 Å². The number of rotatable bonds is 1. The van der Waals surface area contributed by atoms with E-state index in [2.05, 4.69) is 5.32 Å². The minimum atomic E-state index is -0.778. The number of amides is 3. The van der Waals surface area contributed by atoms with Crippen molar-refractivity contribution in [3.63, 3.8) is 0 Å². The highest BCUT2D eigenvalue weighted by Crippen LogP contribution is 2.22. The van der Waals surface area contributed by atoms with Gasteiger partial charge in [-0.1, -0.05) is 0 Å². The zero-order valence-electron chi connectivity index (χ0n) is 7.45. The summed E-state index contributed by atoms with van der Waals surface area (Å²) in [5.41, 5.74) is 10.5. The summed E-state index contributed by atoms with van der Waals surface area (Å²) in [5.74, 6) is -0.355. The van der Waals surface area contributed by atoms with Crippen molar-refractivity contribution < 1.29 is 9.59 Å². The fraction of sp³-hybridized carbons (Fsp3) is 0.750. The molecule has 5 heteroatoms. The number of hydrogen-bond acceptors (Lipinski definition) is 3. The van der Waals surface area contributed by atoms with E-state index in [-0.39, 0.29) is 17.9 Å². The van der Waals surface area contributed by atoms with Gasteiger partial charge in [-0.3, -0.25) is 10.1 Å². The van der Waals surface area contributed by atoms with E-state index in [1.807, 2.05) is 0 Å². The predicted molar refractivity (Wildman–Crippen MR) is 47.7 cm³/mol. The van der Waals surface area contributed by atoms with Crippen LogP contribution >= 0.6 is 0 Å². The Morgan fingerprint density at radius 2 is 1.69 bits per heavy atom. The molecule has 1 fully saturated rings. The molecule has 13 heavy (non-hydrogen) atoms. The Hall–Kier alpha value is -1.10. The number of carbonyl (C=O) groups is 2. The molecule has 0 saturated heterocycles. The van der Waals surface area contributed by atoms with Gasteiger partial charge in [0.1, 0.15) is 0 Å². The lowest BCUT2D eigenvalue weighted by Gasteiger charge is -2.24. The molecule has 0 aromatic rings. The molecule has 1 aliphatic rings. The maximum Gasteiger partial charge on any atom is 0.318 e. The average molecular weight is 185 g/mol. The number of urea groups is 1. The lowest BCUT2D eigenvalue weighted by Crippen LogP contribution is -2.41. The zero-order valence-corrected chi connectivity index (χ0v) is 7.45. The first kappa shape index (κ1) is 9.98. The first-order valence-corrected chi connectivity index (χ1v) is 4.45. The Labute approximate surface area is 76.8 Å². The summed E-state index contributed by atoms with van der Waals surface area (Å²) in [5, 5.41) is 2.09. The van der Waals surface area contributed by atoms with E-state index in [0.717, 1.165) is 25.7 Å². The summed E-state index contributed by atoms with van der Waals surface area (Å²) < 4.78 is 0. The van der Waals surface area contributed by atoms with Gasteiger partial charge in [0.05, 0.1) is 0 Å². The summed E-state index contributed by atoms with van der Waals surface area (Å²) in [4.78, 5) is 21.6. The molecule has 0 aromatic heterocycles. The van der Waals surface area contributed by atoms with Gasteiger partial charge in [0.25, 0.3) is 0 Å². The van der Waals surface area contributed by atoms with Gasteiger partial charge < -0.3 is 11.5 Å². The second-order valence-electron chi connectivity index (χ2n) is 3.47. The maximum atomic E-state index is 11.3. The maximum absolute atomic E-state index is 11.3. The van der Waals surface area contributed by atoms with Gasteiger partial charge in [-0.25, -0.2) is 4.79 Å². The summed E-state index contributed by atoms with van der Waals surface area (Å²) in [6.45, 7) is 0. The third-order valence-electron chi connectivity index (χ3n) is 2.39. The second kappa shape index (κ2) is 4.23. The van der Waals surface area contributed by atoms with E-state index in [4.69, 9.17) is 11.5 Å². The quantitative estimate of drug-likeness (QED) is 0.523. The molecule has 0 atom stereocenters. The van der Waals surface area contributed by atoms with Crippen molar-refractivity contribution in [3.8, 4) is 0 Å². The van der Waals surface area contributed by atoms with E-state index in [9.17, 15) is 9.59 Å². The van der Waals surface area contributed by atoms with Crippen molar-refractivity contribution in [1.82, 2.24) is 5.32 Å². The smallest absolute Gasteiger partial charge is 0.318 e. The van der Waals surface area contributed by atoms with Crippen LogP contribution in [0.4, 0.5) is 4.79 Å². The van der Waals surface area contributed by atoms with Gasteiger partial charge in [0.15, 0.2) is 0 Å². The SMILES string of the molecule is NC(=O)NC(=O)C1CCC(N)CC1. The van der Waals surface area contributed by atoms with Gasteiger partial charge >= 0.3 is 6.03 Å². The highest BCUT2D eigenvalue weighted by Gasteiger charge is 2.24. The van der Waals surface area contributed by atoms with Crippen molar-refractivity contribution in [3.05, 3.63) is 0 Å². The Kier molecular flexibility index (Phi) is 3.25. The molecule has 5 N–H and O–H groups in total. The highest BCUT2D eigenvalue weighted by atomic mass is 16.2. The molecular formula is C8H15N3O2. The lowest BCUT2D eigenvalue weighted by atomic mass is 9.86. The van der Waals surface area contributed by atoms with Crippen molar-refractivity contribution in [2.45, 2.75) is 31.7 Å². The van der Waals surface area contributed by atoms with Crippen LogP contribution in [0.5, 0.6) is 0 Å². The highest BCUT2D eigenvalue weighted by molar-refractivity contribution is 5.94. The molecule has 0 aliphatic heterocycles. The fourth-order valence-corrected chi connectivity index (χ4v) is 1.60. The molecule has 3 amide bonds. The van der Waals surface area contributed by atoms with E-state index < -0.39 is 6.03 Å².